The first kappa shape index (κ1) is 13.8. The van der Waals surface area contributed by atoms with Gasteiger partial charge in [-0.05, 0) is 31.7 Å². The Bertz CT molecular complexity index is 496. The first-order valence-electron chi connectivity index (χ1n) is 7.13. The molecule has 1 saturated carbocycles. The number of rotatable bonds is 5. The van der Waals surface area contributed by atoms with Gasteiger partial charge in [0.05, 0.1) is 17.8 Å². The molecule has 0 bridgehead atoms. The van der Waals surface area contributed by atoms with Crippen LogP contribution in [0.4, 0.5) is 0 Å². The molecule has 1 aliphatic rings. The maximum Gasteiger partial charge on any atom is 0.153 e. The number of carbonyl (C=O) groups is 1. The van der Waals surface area contributed by atoms with Gasteiger partial charge in [-0.1, -0.05) is 13.8 Å². The average molecular weight is 259 g/mol. The quantitative estimate of drug-likeness (QED) is 0.816. The summed E-state index contributed by atoms with van der Waals surface area (Å²) < 4.78 is 1.97. The molecule has 1 fully saturated rings. The predicted octanol–water partition coefficient (Wildman–Crippen LogP) is 3.05. The third kappa shape index (κ3) is 2.56. The molecule has 1 unspecified atom stereocenters. The molecule has 1 atom stereocenters. The fourth-order valence-electron chi connectivity index (χ4n) is 2.92. The van der Waals surface area contributed by atoms with E-state index in [1.807, 2.05) is 16.9 Å². The highest BCUT2D eigenvalue weighted by Crippen LogP contribution is 2.37. The summed E-state index contributed by atoms with van der Waals surface area (Å²) in [6, 6.07) is 4.60. The van der Waals surface area contributed by atoms with Crippen LogP contribution in [0.3, 0.4) is 0 Å². The molecule has 1 aromatic rings. The summed E-state index contributed by atoms with van der Waals surface area (Å²) >= 11 is 0. The number of nitrogens with zero attached hydrogens (tertiary/aromatic N) is 3. The second-order valence-corrected chi connectivity index (χ2v) is 5.40. The number of ketones is 1. The molecule has 0 saturated heterocycles. The van der Waals surface area contributed by atoms with Gasteiger partial charge in [-0.3, -0.25) is 9.48 Å². The molecule has 0 radical (unpaired) electrons. The van der Waals surface area contributed by atoms with Crippen molar-refractivity contribution < 1.29 is 4.79 Å². The van der Waals surface area contributed by atoms with Crippen molar-refractivity contribution in [3.8, 4) is 6.07 Å². The van der Waals surface area contributed by atoms with Gasteiger partial charge in [0.15, 0.2) is 5.78 Å². The second kappa shape index (κ2) is 5.56. The van der Waals surface area contributed by atoms with Gasteiger partial charge < -0.3 is 0 Å². The zero-order chi connectivity index (χ0) is 13.9. The van der Waals surface area contributed by atoms with Gasteiger partial charge in [0.1, 0.15) is 5.41 Å². The highest BCUT2D eigenvalue weighted by molar-refractivity contribution is 5.89. The summed E-state index contributed by atoms with van der Waals surface area (Å²) in [5.74, 6) is 0.0899. The molecule has 1 aliphatic carbocycles. The molecule has 102 valence electrons. The Morgan fingerprint density at radius 1 is 1.53 bits per heavy atom. The van der Waals surface area contributed by atoms with Crippen LogP contribution < -0.4 is 0 Å². The predicted molar refractivity (Wildman–Crippen MR) is 72.5 cm³/mol. The highest BCUT2D eigenvalue weighted by Gasteiger charge is 2.42. The van der Waals surface area contributed by atoms with Crippen molar-refractivity contribution >= 4 is 5.78 Å². The SMILES string of the molecule is CCC(CC)n1ccc(CC2(C#N)CCCC2=O)n1. The third-order valence-corrected chi connectivity index (χ3v) is 4.22. The van der Waals surface area contributed by atoms with Gasteiger partial charge in [-0.15, -0.1) is 0 Å². The maximum atomic E-state index is 11.9. The molecular weight excluding hydrogens is 238 g/mol. The van der Waals surface area contributed by atoms with Gasteiger partial charge in [-0.25, -0.2) is 0 Å². The summed E-state index contributed by atoms with van der Waals surface area (Å²) in [5.41, 5.74) is 0.0521. The van der Waals surface area contributed by atoms with Gasteiger partial charge >= 0.3 is 0 Å². The molecule has 0 amide bonds. The summed E-state index contributed by atoms with van der Waals surface area (Å²) in [5, 5.41) is 13.9. The number of hydrogen-bond acceptors (Lipinski definition) is 3. The van der Waals surface area contributed by atoms with Crippen LogP contribution >= 0.6 is 0 Å². The topological polar surface area (TPSA) is 58.7 Å². The second-order valence-electron chi connectivity index (χ2n) is 5.40. The van der Waals surface area contributed by atoms with E-state index in [0.29, 0.717) is 25.3 Å². The van der Waals surface area contributed by atoms with Crippen LogP contribution in [-0.2, 0) is 11.2 Å². The van der Waals surface area contributed by atoms with E-state index in [0.717, 1.165) is 25.0 Å². The first-order valence-corrected chi connectivity index (χ1v) is 7.13. The lowest BCUT2D eigenvalue weighted by Crippen LogP contribution is -2.26. The Morgan fingerprint density at radius 2 is 2.26 bits per heavy atom. The largest absolute Gasteiger partial charge is 0.298 e. The summed E-state index contributed by atoms with van der Waals surface area (Å²) in [7, 11) is 0. The van der Waals surface area contributed by atoms with Gasteiger partial charge in [-0.2, -0.15) is 10.4 Å². The average Bonchev–Trinajstić information content (AvgIpc) is 3.00. The Hall–Kier alpha value is -1.63. The highest BCUT2D eigenvalue weighted by atomic mass is 16.1. The van der Waals surface area contributed by atoms with Crippen LogP contribution in [0.15, 0.2) is 12.3 Å². The smallest absolute Gasteiger partial charge is 0.153 e. The van der Waals surface area contributed by atoms with Gasteiger partial charge in [0, 0.05) is 19.0 Å². The van der Waals surface area contributed by atoms with Crippen molar-refractivity contribution in [1.29, 1.82) is 5.26 Å². The fraction of sp³-hybridized carbons (Fsp3) is 0.667. The van der Waals surface area contributed by atoms with Crippen molar-refractivity contribution in [2.75, 3.05) is 0 Å². The summed E-state index contributed by atoms with van der Waals surface area (Å²) in [6.07, 6.45) is 6.58. The standard InChI is InChI=1S/C15H21N3O/c1-3-13(4-2)18-9-7-12(17-18)10-15(11-16)8-5-6-14(15)19/h7,9,13H,3-6,8,10H2,1-2H3. The number of carbonyl (C=O) groups excluding carboxylic acids is 1. The van der Waals surface area contributed by atoms with E-state index in [1.165, 1.54) is 0 Å². The maximum absolute atomic E-state index is 11.9. The zero-order valence-corrected chi connectivity index (χ0v) is 11.7. The van der Waals surface area contributed by atoms with Gasteiger partial charge in [0.2, 0.25) is 0 Å². The van der Waals surface area contributed by atoms with Crippen molar-refractivity contribution in [1.82, 2.24) is 9.78 Å². The van der Waals surface area contributed by atoms with E-state index in [4.69, 9.17) is 0 Å². The Morgan fingerprint density at radius 3 is 2.79 bits per heavy atom. The van der Waals surface area contributed by atoms with E-state index in [9.17, 15) is 10.1 Å². The minimum Gasteiger partial charge on any atom is -0.298 e. The zero-order valence-electron chi connectivity index (χ0n) is 11.7. The van der Waals surface area contributed by atoms with Crippen molar-refractivity contribution in [3.05, 3.63) is 18.0 Å². The molecule has 19 heavy (non-hydrogen) atoms. The monoisotopic (exact) mass is 259 g/mol. The Kier molecular flexibility index (Phi) is 4.04. The number of nitriles is 1. The fourth-order valence-corrected chi connectivity index (χ4v) is 2.92. The Labute approximate surface area is 114 Å². The molecule has 4 heteroatoms. The van der Waals surface area contributed by atoms with Crippen LogP contribution in [0, 0.1) is 16.7 Å². The lowest BCUT2D eigenvalue weighted by Gasteiger charge is -2.17. The molecule has 0 N–H and O–H groups in total. The Balaban J connectivity index is 2.16. The molecule has 0 aromatic carbocycles. The molecule has 0 aliphatic heterocycles. The molecular formula is C15H21N3O. The van der Waals surface area contributed by atoms with Crippen molar-refractivity contribution in [3.63, 3.8) is 0 Å². The van der Waals surface area contributed by atoms with Crippen molar-refractivity contribution in [2.24, 2.45) is 5.41 Å². The summed E-state index contributed by atoms with van der Waals surface area (Å²) in [6.45, 7) is 4.29. The molecule has 1 heterocycles. The third-order valence-electron chi connectivity index (χ3n) is 4.22. The van der Waals surface area contributed by atoms with Crippen LogP contribution in [0.5, 0.6) is 0 Å². The van der Waals surface area contributed by atoms with E-state index in [1.54, 1.807) is 0 Å². The lowest BCUT2D eigenvalue weighted by molar-refractivity contribution is -0.123. The molecule has 1 aromatic heterocycles. The first-order chi connectivity index (χ1) is 9.15. The van der Waals surface area contributed by atoms with E-state index in [-0.39, 0.29) is 5.78 Å². The molecule has 2 rings (SSSR count). The van der Waals surface area contributed by atoms with E-state index >= 15 is 0 Å². The molecule has 4 nitrogen and oxygen atoms in total. The lowest BCUT2D eigenvalue weighted by atomic mass is 9.82. The van der Waals surface area contributed by atoms with Crippen LogP contribution in [0.1, 0.15) is 57.7 Å². The molecule has 0 spiro atoms. The summed E-state index contributed by atoms with van der Waals surface area (Å²) in [4.78, 5) is 11.9. The van der Waals surface area contributed by atoms with Crippen molar-refractivity contribution in [2.45, 2.75) is 58.4 Å². The minimum absolute atomic E-state index is 0.0899. The number of Topliss-reactive ketones (excluding diaryl/α,β-unsaturated/α-hetero) is 1. The van der Waals surface area contributed by atoms with Crippen LogP contribution in [0.25, 0.3) is 0 Å². The van der Waals surface area contributed by atoms with E-state index < -0.39 is 5.41 Å². The minimum atomic E-state index is -0.812. The number of aromatic nitrogens is 2. The van der Waals surface area contributed by atoms with E-state index in [2.05, 4.69) is 25.0 Å². The van der Waals surface area contributed by atoms with Gasteiger partial charge in [0.25, 0.3) is 0 Å². The number of hydrogen-bond donors (Lipinski definition) is 0. The normalized spacial score (nSPS) is 22.9. The van der Waals surface area contributed by atoms with Crippen LogP contribution in [-0.4, -0.2) is 15.6 Å². The van der Waals surface area contributed by atoms with Crippen LogP contribution in [0.2, 0.25) is 0 Å².